The first-order valence-electron chi connectivity index (χ1n) is 29.6. The van der Waals surface area contributed by atoms with E-state index in [1.807, 2.05) is 48.6 Å². The number of nitrogens with one attached hydrogen (secondary N) is 2. The highest BCUT2D eigenvalue weighted by Gasteiger charge is 2.39. The molecular weight excluding hydrogens is 895 g/mol. The van der Waals surface area contributed by atoms with Crippen molar-refractivity contribution < 1.29 is 4.74 Å². The molecule has 9 heterocycles. The van der Waals surface area contributed by atoms with Crippen LogP contribution in [0.1, 0.15) is 119 Å². The average molecular weight is 1030 g/mol. The highest BCUT2D eigenvalue weighted by Crippen LogP contribution is 2.30. The molecule has 2 N–H and O–H groups in total. The summed E-state index contributed by atoms with van der Waals surface area (Å²) in [5.41, 5.74) is 1.65. The van der Waals surface area contributed by atoms with Crippen molar-refractivity contribution in [3.8, 4) is 0 Å². The maximum atomic E-state index is 5.10. The molecule has 10 rings (SSSR count). The van der Waals surface area contributed by atoms with E-state index < -0.39 is 0 Å². The lowest BCUT2D eigenvalue weighted by atomic mass is 9.79. The number of morpholine rings is 1. The van der Waals surface area contributed by atoms with Crippen LogP contribution >= 0.6 is 0 Å². The second-order valence-electron chi connectivity index (χ2n) is 22.1. The van der Waals surface area contributed by atoms with Crippen LogP contribution in [0.4, 0.5) is 0 Å². The van der Waals surface area contributed by atoms with Gasteiger partial charge in [-0.2, -0.15) is 0 Å². The van der Waals surface area contributed by atoms with Gasteiger partial charge < -0.3 is 64.4 Å². The maximum Gasteiger partial charge on any atom is 0.0594 e. The number of fused-ring (bicyclic) bond motifs is 2. The highest BCUT2D eigenvalue weighted by atomic mass is 16.5. The van der Waals surface area contributed by atoms with Gasteiger partial charge in [-0.3, -0.25) is 4.90 Å². The monoisotopic (exact) mass is 1030 g/mol. The molecule has 0 aromatic heterocycles. The molecule has 14 heteroatoms. The number of hydrogen-bond donors (Lipinski definition) is 2. The number of likely N-dealkylation sites (tertiary alicyclic amines) is 6. The molecule has 9 saturated heterocycles. The van der Waals surface area contributed by atoms with Crippen molar-refractivity contribution in [2.75, 3.05) is 229 Å². The van der Waals surface area contributed by atoms with Crippen molar-refractivity contribution >= 4 is 0 Å². The van der Waals surface area contributed by atoms with E-state index in [1.165, 1.54) is 162 Å². The Hall–Kier alpha value is -0.980. The number of likely N-dealkylation sites (N-methyl/N-ethyl adjacent to an activating group) is 8. The van der Waals surface area contributed by atoms with Crippen molar-refractivity contribution in [3.63, 3.8) is 0 Å². The lowest BCUT2D eigenvalue weighted by molar-refractivity contribution is 0.0503. The van der Waals surface area contributed by atoms with Gasteiger partial charge in [0.1, 0.15) is 0 Å². The summed E-state index contributed by atoms with van der Waals surface area (Å²) < 4.78 is 5.10. The molecule has 0 radical (unpaired) electrons. The van der Waals surface area contributed by atoms with Crippen molar-refractivity contribution in [3.05, 3.63) is 12.3 Å². The van der Waals surface area contributed by atoms with Gasteiger partial charge >= 0.3 is 0 Å². The fourth-order valence-corrected chi connectivity index (χ4v) is 9.29. The molecule has 0 aromatic carbocycles. The van der Waals surface area contributed by atoms with E-state index in [0.29, 0.717) is 5.54 Å². The number of piperazine rings is 2. The molecule has 1 unspecified atom stereocenters. The third kappa shape index (κ3) is 37.7. The summed E-state index contributed by atoms with van der Waals surface area (Å²) in [6.07, 6.45) is 15.3. The molecule has 0 aromatic rings. The lowest BCUT2D eigenvalue weighted by Gasteiger charge is -2.37. The lowest BCUT2D eigenvalue weighted by Crippen LogP contribution is -2.45. The molecule has 14 nitrogen and oxygen atoms in total. The second kappa shape index (κ2) is 46.1. The SMILES string of the molecule is C=C1CN(C)CCN1.CC.CC.CC.CN1CCC(N(C)C)C1.CN1CCC1.CN1CCCC1.CN1CCCC1.CN1CCCN(C)CC1.CN1CCOCC1.CN1C[C@H]2C[C@@H]1CN2C.CNC1(C)CCC1. The van der Waals surface area contributed by atoms with Crippen LogP contribution in [0.3, 0.4) is 0 Å². The zero-order valence-electron chi connectivity index (χ0n) is 52.4. The van der Waals surface area contributed by atoms with Gasteiger partial charge in [-0.1, -0.05) is 48.1 Å². The van der Waals surface area contributed by atoms with Crippen LogP contribution in [0, 0.1) is 0 Å². The molecule has 2 bridgehead atoms. The number of hydrogen-bond acceptors (Lipinski definition) is 14. The standard InChI is InChI=1S/C7H14N2.2C7H16N2.C6H12N2.C6H13N.C5H11NO.2C5H11N.C4H9N.3C2H6/c1-8-4-7-3-6(8)5-9(7)2;1-8(2)7-4-5-9(3)6-7;1-8-4-3-5-9(2)7-6-8;1-6-5-8(2)4-3-7-6;1-6(7-2)4-3-5-6;1-6-2-4-7-5-3-6;2*1-6-4-2-3-5-6;1-5-3-2-4-5;3*1-2/h6-7H,3-5H2,1-2H3;7H,4-6H2,1-3H3;3-7H2,1-2H3;7H,1,3-5H2,2H3;7H,3-5H2,1-2H3;2-5H2,1H3;2*2-5H2,1H3;2-4H2,1H3;3*1-2H3/t6-,7-;;;;;;;;;;;/m1.........../s1. The molecular formula is C58H131N13O. The van der Waals surface area contributed by atoms with Gasteiger partial charge in [0.15, 0.2) is 0 Å². The molecule has 0 amide bonds. The molecule has 3 atom stereocenters. The summed E-state index contributed by atoms with van der Waals surface area (Å²) in [7, 11) is 28.1. The average Bonchev–Trinajstić information content (AvgIpc) is 4.23. The third-order valence-electron chi connectivity index (χ3n) is 15.2. The molecule has 9 aliphatic heterocycles. The van der Waals surface area contributed by atoms with Crippen molar-refractivity contribution in [1.82, 2.24) is 64.5 Å². The van der Waals surface area contributed by atoms with Crippen LogP contribution in [-0.4, -0.2) is 307 Å². The predicted molar refractivity (Wildman–Crippen MR) is 321 cm³/mol. The first-order chi connectivity index (χ1) is 34.4. The van der Waals surface area contributed by atoms with Crippen molar-refractivity contribution in [2.45, 2.75) is 143 Å². The fraction of sp³-hybridized carbons (Fsp3) is 0.966. The molecule has 1 aliphatic carbocycles. The molecule has 10 aliphatic rings. The third-order valence-corrected chi connectivity index (χ3v) is 15.2. The van der Waals surface area contributed by atoms with E-state index >= 15 is 0 Å². The number of ether oxygens (including phenoxy) is 1. The normalized spacial score (nSPS) is 26.5. The largest absolute Gasteiger partial charge is 0.386 e. The van der Waals surface area contributed by atoms with E-state index in [-0.39, 0.29) is 0 Å². The van der Waals surface area contributed by atoms with Crippen LogP contribution in [-0.2, 0) is 4.74 Å². The van der Waals surface area contributed by atoms with E-state index in [9.17, 15) is 0 Å². The Morgan fingerprint density at radius 1 is 0.500 bits per heavy atom. The van der Waals surface area contributed by atoms with E-state index in [1.54, 1.807) is 0 Å². The fourth-order valence-electron chi connectivity index (χ4n) is 9.29. The van der Waals surface area contributed by atoms with Gasteiger partial charge in [0.05, 0.1) is 13.2 Å². The topological polar surface area (TPSA) is 68.9 Å². The molecule has 10 fully saturated rings. The van der Waals surface area contributed by atoms with Crippen molar-refractivity contribution in [2.24, 2.45) is 0 Å². The first-order valence-corrected chi connectivity index (χ1v) is 29.6. The van der Waals surface area contributed by atoms with Crippen LogP contribution in [0.15, 0.2) is 12.3 Å². The summed E-state index contributed by atoms with van der Waals surface area (Å²) in [5.74, 6) is 0. The van der Waals surface area contributed by atoms with E-state index in [2.05, 4.69) is 163 Å². The van der Waals surface area contributed by atoms with Crippen LogP contribution < -0.4 is 10.6 Å². The summed E-state index contributed by atoms with van der Waals surface area (Å²) >= 11 is 0. The van der Waals surface area contributed by atoms with E-state index in [0.717, 1.165) is 69.8 Å². The quantitative estimate of drug-likeness (QED) is 0.318. The predicted octanol–water partition coefficient (Wildman–Crippen LogP) is 6.47. The molecule has 0 spiro atoms. The summed E-state index contributed by atoms with van der Waals surface area (Å²) in [5, 5.41) is 6.45. The van der Waals surface area contributed by atoms with Gasteiger partial charge in [0.2, 0.25) is 0 Å². The summed E-state index contributed by atoms with van der Waals surface area (Å²) in [6, 6.07) is 2.55. The summed E-state index contributed by atoms with van der Waals surface area (Å²) in [6.45, 7) is 43.3. The first kappa shape index (κ1) is 73.1. The minimum atomic E-state index is 0.514. The van der Waals surface area contributed by atoms with Gasteiger partial charge in [0, 0.05) is 94.8 Å². The number of nitrogens with zero attached hydrogens (tertiary/aromatic N) is 11. The highest BCUT2D eigenvalue weighted by molar-refractivity contribution is 4.97. The Morgan fingerprint density at radius 3 is 1.08 bits per heavy atom. The minimum Gasteiger partial charge on any atom is -0.386 e. The van der Waals surface area contributed by atoms with Gasteiger partial charge in [-0.05, 0) is 228 Å². The number of rotatable bonds is 2. The Bertz CT molecular complexity index is 1130. The Kier molecular flexibility index (Phi) is 46.8. The maximum absolute atomic E-state index is 5.10. The smallest absolute Gasteiger partial charge is 0.0594 e. The van der Waals surface area contributed by atoms with Crippen LogP contribution in [0.2, 0.25) is 0 Å². The zero-order chi connectivity index (χ0) is 54.9. The van der Waals surface area contributed by atoms with Crippen LogP contribution in [0.25, 0.3) is 0 Å². The Morgan fingerprint density at radius 2 is 0.889 bits per heavy atom. The summed E-state index contributed by atoms with van der Waals surface area (Å²) in [4.78, 5) is 26.0. The Labute approximate surface area is 451 Å². The zero-order valence-corrected chi connectivity index (χ0v) is 52.4. The minimum absolute atomic E-state index is 0.514. The van der Waals surface area contributed by atoms with E-state index in [4.69, 9.17) is 4.74 Å². The molecule has 1 saturated carbocycles. The van der Waals surface area contributed by atoms with Crippen molar-refractivity contribution in [1.29, 1.82) is 0 Å². The Balaban J connectivity index is 0. The van der Waals surface area contributed by atoms with Gasteiger partial charge in [-0.15, -0.1) is 0 Å². The van der Waals surface area contributed by atoms with Gasteiger partial charge in [-0.25, -0.2) is 0 Å². The van der Waals surface area contributed by atoms with Crippen LogP contribution in [0.5, 0.6) is 0 Å². The molecule has 434 valence electrons. The molecule has 72 heavy (non-hydrogen) atoms. The second-order valence-corrected chi connectivity index (χ2v) is 22.1. The van der Waals surface area contributed by atoms with Gasteiger partial charge in [0.25, 0.3) is 0 Å².